The Hall–Kier alpha value is -4.84. The first kappa shape index (κ1) is 23.6. The van der Waals surface area contributed by atoms with Crippen LogP contribution >= 0.6 is 0 Å². The van der Waals surface area contributed by atoms with E-state index in [0.29, 0.717) is 31.0 Å². The highest BCUT2D eigenvalue weighted by atomic mass is 16.3. The lowest BCUT2D eigenvalue weighted by Crippen LogP contribution is -2.35. The second kappa shape index (κ2) is 10.3. The van der Waals surface area contributed by atoms with Crippen molar-refractivity contribution in [3.8, 4) is 11.3 Å². The lowest BCUT2D eigenvalue weighted by Gasteiger charge is -2.25. The lowest BCUT2D eigenvalue weighted by atomic mass is 9.90. The van der Waals surface area contributed by atoms with Crippen LogP contribution in [-0.4, -0.2) is 23.3 Å². The van der Waals surface area contributed by atoms with Gasteiger partial charge in [-0.1, -0.05) is 60.7 Å². The zero-order valence-electron chi connectivity index (χ0n) is 20.7. The maximum atomic E-state index is 13.4. The normalized spacial score (nSPS) is 12.8. The number of fused-ring (bicyclic) bond motifs is 1. The Morgan fingerprint density at radius 3 is 2.13 bits per heavy atom. The molecular formula is C32H26N2O4. The number of nitrogens with one attached hydrogen (secondary N) is 1. The molecule has 0 unspecified atom stereocenters. The van der Waals surface area contributed by atoms with Crippen molar-refractivity contribution in [3.63, 3.8) is 0 Å². The minimum atomic E-state index is -0.416. The van der Waals surface area contributed by atoms with E-state index in [4.69, 9.17) is 8.83 Å². The van der Waals surface area contributed by atoms with Crippen LogP contribution in [0.2, 0.25) is 0 Å². The van der Waals surface area contributed by atoms with Crippen LogP contribution in [0.4, 0.5) is 5.69 Å². The summed E-state index contributed by atoms with van der Waals surface area (Å²) in [5.41, 5.74) is 4.49. The number of amides is 2. The minimum Gasteiger partial charge on any atom is -0.461 e. The molecule has 0 aliphatic carbocycles. The zero-order valence-corrected chi connectivity index (χ0v) is 20.7. The smallest absolute Gasteiger partial charge is 0.289 e. The molecule has 0 saturated carbocycles. The molecule has 2 aromatic heterocycles. The Morgan fingerprint density at radius 1 is 0.816 bits per heavy atom. The molecule has 0 fully saturated rings. The van der Waals surface area contributed by atoms with Gasteiger partial charge in [0.05, 0.1) is 12.2 Å². The fraction of sp³-hybridized carbons (Fsp3) is 0.125. The van der Waals surface area contributed by atoms with E-state index in [1.54, 1.807) is 17.0 Å². The molecule has 6 heteroatoms. The molecule has 188 valence electrons. The van der Waals surface area contributed by atoms with Crippen molar-refractivity contribution in [3.05, 3.63) is 138 Å². The van der Waals surface area contributed by atoms with E-state index in [0.717, 1.165) is 33.8 Å². The number of rotatable bonds is 6. The first-order valence-electron chi connectivity index (χ1n) is 12.6. The summed E-state index contributed by atoms with van der Waals surface area (Å²) >= 11 is 0. The average molecular weight is 503 g/mol. The molecule has 38 heavy (non-hydrogen) atoms. The molecule has 1 aliphatic heterocycles. The maximum Gasteiger partial charge on any atom is 0.289 e. The van der Waals surface area contributed by atoms with Crippen LogP contribution in [0.1, 0.15) is 38.9 Å². The van der Waals surface area contributed by atoms with Crippen LogP contribution in [-0.2, 0) is 17.8 Å². The van der Waals surface area contributed by atoms with E-state index >= 15 is 0 Å². The van der Waals surface area contributed by atoms with Gasteiger partial charge in [0.2, 0.25) is 5.91 Å². The molecule has 0 bridgehead atoms. The summed E-state index contributed by atoms with van der Waals surface area (Å²) in [6.45, 7) is 1.06. The topological polar surface area (TPSA) is 75.7 Å². The predicted molar refractivity (Wildman–Crippen MR) is 145 cm³/mol. The Kier molecular flexibility index (Phi) is 6.36. The molecule has 3 heterocycles. The number of carbonyl (C=O) groups excluding carboxylic acids is 2. The van der Waals surface area contributed by atoms with Crippen LogP contribution in [0.25, 0.3) is 11.3 Å². The number of anilines is 1. The molecule has 0 saturated heterocycles. The van der Waals surface area contributed by atoms with Crippen molar-refractivity contribution < 1.29 is 18.4 Å². The third-order valence-corrected chi connectivity index (χ3v) is 6.85. The Balaban J connectivity index is 1.17. The van der Waals surface area contributed by atoms with E-state index in [2.05, 4.69) is 5.32 Å². The summed E-state index contributed by atoms with van der Waals surface area (Å²) in [5.74, 6) is 1.36. The summed E-state index contributed by atoms with van der Waals surface area (Å²) in [5, 5.41) is 3.08. The molecule has 0 radical (unpaired) electrons. The van der Waals surface area contributed by atoms with Gasteiger partial charge in [-0.3, -0.25) is 9.59 Å². The SMILES string of the molecule is O=C(Nc1ccc(-c2cc3c(o2)CCN(C(=O)c2ccco2)C3)cc1)C(c1ccccc1)c1ccccc1. The number of hydrogen-bond donors (Lipinski definition) is 1. The Morgan fingerprint density at radius 2 is 1.50 bits per heavy atom. The Bertz CT molecular complexity index is 1500. The van der Waals surface area contributed by atoms with Crippen molar-refractivity contribution in [2.75, 3.05) is 11.9 Å². The van der Waals surface area contributed by atoms with E-state index < -0.39 is 5.92 Å². The first-order chi connectivity index (χ1) is 18.7. The maximum absolute atomic E-state index is 13.4. The molecule has 5 aromatic rings. The van der Waals surface area contributed by atoms with Crippen LogP contribution in [0, 0.1) is 0 Å². The van der Waals surface area contributed by atoms with Crippen LogP contribution in [0.3, 0.4) is 0 Å². The van der Waals surface area contributed by atoms with E-state index in [1.807, 2.05) is 91.0 Å². The highest BCUT2D eigenvalue weighted by molar-refractivity contribution is 5.98. The van der Waals surface area contributed by atoms with Gasteiger partial charge < -0.3 is 19.1 Å². The fourth-order valence-electron chi connectivity index (χ4n) is 4.92. The Labute approximate surface area is 220 Å². The van der Waals surface area contributed by atoms with Crippen LogP contribution in [0.5, 0.6) is 0 Å². The predicted octanol–water partition coefficient (Wildman–Crippen LogP) is 6.51. The molecule has 3 aromatic carbocycles. The molecular weight excluding hydrogens is 476 g/mol. The molecule has 2 amide bonds. The van der Waals surface area contributed by atoms with Crippen LogP contribution < -0.4 is 5.32 Å². The fourth-order valence-corrected chi connectivity index (χ4v) is 4.92. The minimum absolute atomic E-state index is 0.0927. The second-order valence-corrected chi connectivity index (χ2v) is 9.33. The van der Waals surface area contributed by atoms with Gasteiger partial charge in [-0.25, -0.2) is 0 Å². The highest BCUT2D eigenvalue weighted by Gasteiger charge is 2.27. The zero-order chi connectivity index (χ0) is 25.9. The summed E-state index contributed by atoms with van der Waals surface area (Å²) in [6, 6.07) is 32.6. The summed E-state index contributed by atoms with van der Waals surface area (Å²) in [7, 11) is 0. The summed E-state index contributed by atoms with van der Waals surface area (Å²) < 4.78 is 11.4. The number of carbonyl (C=O) groups is 2. The molecule has 6 nitrogen and oxygen atoms in total. The van der Waals surface area contributed by atoms with E-state index in [9.17, 15) is 9.59 Å². The molecule has 0 spiro atoms. The van der Waals surface area contributed by atoms with Crippen molar-refractivity contribution in [2.45, 2.75) is 18.9 Å². The number of benzene rings is 3. The van der Waals surface area contributed by atoms with Gasteiger partial charge in [0.25, 0.3) is 5.91 Å². The van der Waals surface area contributed by atoms with Gasteiger partial charge >= 0.3 is 0 Å². The molecule has 0 atom stereocenters. The monoisotopic (exact) mass is 502 g/mol. The third kappa shape index (κ3) is 4.76. The van der Waals surface area contributed by atoms with Crippen LogP contribution in [0.15, 0.2) is 118 Å². The quantitative estimate of drug-likeness (QED) is 0.287. The van der Waals surface area contributed by atoms with Gasteiger partial charge in [0, 0.05) is 36.3 Å². The average Bonchev–Trinajstić information content (AvgIpc) is 3.65. The number of nitrogens with zero attached hydrogens (tertiary/aromatic N) is 1. The van der Waals surface area contributed by atoms with Crippen molar-refractivity contribution in [1.82, 2.24) is 4.90 Å². The molecule has 1 N–H and O–H groups in total. The van der Waals surface area contributed by atoms with Gasteiger partial charge in [0.1, 0.15) is 11.5 Å². The third-order valence-electron chi connectivity index (χ3n) is 6.85. The lowest BCUT2D eigenvalue weighted by molar-refractivity contribution is -0.116. The van der Waals surface area contributed by atoms with Gasteiger partial charge in [-0.2, -0.15) is 0 Å². The second-order valence-electron chi connectivity index (χ2n) is 9.33. The number of hydrogen-bond acceptors (Lipinski definition) is 4. The highest BCUT2D eigenvalue weighted by Crippen LogP contribution is 2.31. The van der Waals surface area contributed by atoms with E-state index in [-0.39, 0.29) is 11.8 Å². The van der Waals surface area contributed by atoms with Gasteiger partial charge in [-0.05, 0) is 53.6 Å². The van der Waals surface area contributed by atoms with Gasteiger partial charge in [0.15, 0.2) is 5.76 Å². The largest absolute Gasteiger partial charge is 0.461 e. The van der Waals surface area contributed by atoms with Crippen molar-refractivity contribution in [1.29, 1.82) is 0 Å². The standard InChI is InChI=1S/C32H26N2O4/c35-31(30(23-8-3-1-4-9-23)24-10-5-2-6-11-24)33-26-15-13-22(14-16-26)29-20-25-21-34(18-17-27(25)38-29)32(36)28-12-7-19-37-28/h1-16,19-20,30H,17-18,21H2,(H,33,35). The van der Waals surface area contributed by atoms with Crippen molar-refractivity contribution >= 4 is 17.5 Å². The van der Waals surface area contributed by atoms with Crippen molar-refractivity contribution in [2.24, 2.45) is 0 Å². The molecule has 6 rings (SSSR count). The molecule has 1 aliphatic rings. The van der Waals surface area contributed by atoms with E-state index in [1.165, 1.54) is 6.26 Å². The summed E-state index contributed by atoms with van der Waals surface area (Å²) in [4.78, 5) is 27.8. The van der Waals surface area contributed by atoms with Gasteiger partial charge in [-0.15, -0.1) is 0 Å². The number of furan rings is 2. The first-order valence-corrected chi connectivity index (χ1v) is 12.6. The summed E-state index contributed by atoms with van der Waals surface area (Å²) in [6.07, 6.45) is 2.16.